The maximum Gasteiger partial charge on any atom is 0.104 e. The van der Waals surface area contributed by atoms with Gasteiger partial charge in [0.2, 0.25) is 0 Å². The van der Waals surface area contributed by atoms with E-state index in [-0.39, 0.29) is 17.9 Å². The van der Waals surface area contributed by atoms with E-state index in [0.29, 0.717) is 24.4 Å². The standard InChI is InChI=1S/C31H53ClN2O4/c1-22(8-5-14-32)31(36)13-17-34(19-23(31)2)16-7-10-25-26-9-6-15-33-28(26)20-37-29-12-11-24(18-27(25)29)38-21-30(3,4)35/h10,22-24,26,28,33,35-36H,5-9,11-21H2,1-4H3/b25-10+. The number of allylic oxidation sites excluding steroid dienone is 1. The van der Waals surface area contributed by atoms with Gasteiger partial charge in [-0.15, -0.1) is 11.6 Å². The van der Waals surface area contributed by atoms with Crippen molar-refractivity contribution in [3.05, 3.63) is 23.0 Å². The molecule has 6 atom stereocenters. The quantitative estimate of drug-likeness (QED) is 0.330. The summed E-state index contributed by atoms with van der Waals surface area (Å²) in [5, 5.41) is 25.4. The summed E-state index contributed by atoms with van der Waals surface area (Å²) in [6, 6.07) is 0.371. The lowest BCUT2D eigenvalue weighted by atomic mass is 9.72. The number of nitrogens with zero attached hydrogens (tertiary/aromatic N) is 1. The minimum Gasteiger partial charge on any atom is -0.496 e. The van der Waals surface area contributed by atoms with Crippen LogP contribution < -0.4 is 5.32 Å². The van der Waals surface area contributed by atoms with Crippen LogP contribution in [-0.4, -0.2) is 83.7 Å². The van der Waals surface area contributed by atoms with Crippen LogP contribution in [0.1, 0.15) is 85.5 Å². The summed E-state index contributed by atoms with van der Waals surface area (Å²) in [6.45, 7) is 13.1. The van der Waals surface area contributed by atoms with Crippen molar-refractivity contribution < 1.29 is 19.7 Å². The summed E-state index contributed by atoms with van der Waals surface area (Å²) in [5.41, 5.74) is 1.44. The van der Waals surface area contributed by atoms with Crippen molar-refractivity contribution in [3.63, 3.8) is 0 Å². The van der Waals surface area contributed by atoms with Crippen molar-refractivity contribution >= 4 is 11.6 Å². The lowest BCUT2D eigenvalue weighted by Crippen LogP contribution is -2.54. The molecule has 2 fully saturated rings. The molecular formula is C31H53ClN2O4. The fourth-order valence-corrected chi connectivity index (χ4v) is 7.32. The molecule has 3 heterocycles. The molecule has 1 aliphatic carbocycles. The van der Waals surface area contributed by atoms with E-state index in [9.17, 15) is 10.2 Å². The number of likely N-dealkylation sites (tertiary alicyclic amines) is 1. The number of nitrogens with one attached hydrogen (secondary N) is 1. The molecule has 4 aliphatic rings. The maximum absolute atomic E-state index is 11.5. The minimum atomic E-state index is -0.814. The number of hydrogen-bond donors (Lipinski definition) is 3. The molecule has 6 nitrogen and oxygen atoms in total. The van der Waals surface area contributed by atoms with Gasteiger partial charge in [0.05, 0.1) is 29.7 Å². The Kier molecular flexibility index (Phi) is 10.7. The highest BCUT2D eigenvalue weighted by atomic mass is 35.5. The molecule has 0 radical (unpaired) electrons. The monoisotopic (exact) mass is 552 g/mol. The molecule has 3 N–H and O–H groups in total. The summed E-state index contributed by atoms with van der Waals surface area (Å²) in [6.07, 6.45) is 11.6. The van der Waals surface area contributed by atoms with Crippen molar-refractivity contribution in [2.24, 2.45) is 17.8 Å². The number of piperidine rings is 2. The molecular weight excluding hydrogens is 500 g/mol. The zero-order chi connectivity index (χ0) is 27.3. The number of rotatable bonds is 10. The molecule has 0 aromatic carbocycles. The molecule has 3 aliphatic heterocycles. The Bertz CT molecular complexity index is 840. The Morgan fingerprint density at radius 2 is 2.16 bits per heavy atom. The molecule has 4 rings (SSSR count). The minimum absolute atomic E-state index is 0.127. The molecule has 218 valence electrons. The van der Waals surface area contributed by atoms with Crippen LogP contribution in [0.3, 0.4) is 0 Å². The number of halogens is 1. The number of fused-ring (bicyclic) bond motifs is 1. The first-order valence-corrected chi connectivity index (χ1v) is 15.8. The first-order valence-electron chi connectivity index (χ1n) is 15.2. The highest BCUT2D eigenvalue weighted by Crippen LogP contribution is 2.42. The van der Waals surface area contributed by atoms with Gasteiger partial charge >= 0.3 is 0 Å². The van der Waals surface area contributed by atoms with E-state index in [1.165, 1.54) is 24.0 Å². The third-order valence-corrected chi connectivity index (χ3v) is 9.82. The smallest absolute Gasteiger partial charge is 0.104 e. The third kappa shape index (κ3) is 7.55. The van der Waals surface area contributed by atoms with E-state index in [1.807, 2.05) is 13.8 Å². The molecule has 0 saturated carbocycles. The fraction of sp³-hybridized carbons (Fsp3) is 0.871. The van der Waals surface area contributed by atoms with Crippen LogP contribution in [0.15, 0.2) is 23.0 Å². The van der Waals surface area contributed by atoms with E-state index >= 15 is 0 Å². The van der Waals surface area contributed by atoms with Gasteiger partial charge in [0.15, 0.2) is 0 Å². The van der Waals surface area contributed by atoms with Gasteiger partial charge in [0.25, 0.3) is 0 Å². The third-order valence-electron chi connectivity index (χ3n) is 9.55. The second kappa shape index (κ2) is 13.4. The number of aliphatic hydroxyl groups is 2. The summed E-state index contributed by atoms with van der Waals surface area (Å²) in [7, 11) is 0. The lowest BCUT2D eigenvalue weighted by Gasteiger charge is -2.46. The van der Waals surface area contributed by atoms with E-state index in [4.69, 9.17) is 21.1 Å². The van der Waals surface area contributed by atoms with E-state index < -0.39 is 11.2 Å². The van der Waals surface area contributed by atoms with Gasteiger partial charge in [-0.1, -0.05) is 19.9 Å². The van der Waals surface area contributed by atoms with Crippen molar-refractivity contribution in [2.45, 2.75) is 109 Å². The molecule has 38 heavy (non-hydrogen) atoms. The predicted molar refractivity (Wildman–Crippen MR) is 154 cm³/mol. The summed E-state index contributed by atoms with van der Waals surface area (Å²) in [5.74, 6) is 2.86. The molecule has 7 heteroatoms. The van der Waals surface area contributed by atoms with Crippen LogP contribution in [0.5, 0.6) is 0 Å². The first-order chi connectivity index (χ1) is 18.1. The molecule has 6 unspecified atom stereocenters. The highest BCUT2D eigenvalue weighted by molar-refractivity contribution is 6.17. The van der Waals surface area contributed by atoms with Crippen molar-refractivity contribution in [3.8, 4) is 0 Å². The molecule has 0 bridgehead atoms. The second-order valence-electron chi connectivity index (χ2n) is 13.1. The summed E-state index contributed by atoms with van der Waals surface area (Å²) < 4.78 is 12.6. The van der Waals surface area contributed by atoms with E-state index in [1.54, 1.807) is 0 Å². The topological polar surface area (TPSA) is 74.2 Å². The summed E-state index contributed by atoms with van der Waals surface area (Å²) >= 11 is 5.92. The van der Waals surface area contributed by atoms with Crippen molar-refractivity contribution in [1.82, 2.24) is 10.2 Å². The Morgan fingerprint density at radius 1 is 1.34 bits per heavy atom. The predicted octanol–water partition coefficient (Wildman–Crippen LogP) is 5.02. The van der Waals surface area contributed by atoms with Gasteiger partial charge in [0.1, 0.15) is 6.61 Å². The van der Waals surface area contributed by atoms with Crippen LogP contribution in [0.25, 0.3) is 0 Å². The Hall–Kier alpha value is -0.630. The second-order valence-corrected chi connectivity index (χ2v) is 13.5. The average molecular weight is 553 g/mol. The van der Waals surface area contributed by atoms with Crippen LogP contribution in [0, 0.1) is 17.8 Å². The Labute approximate surface area is 236 Å². The Morgan fingerprint density at radius 3 is 2.89 bits per heavy atom. The highest BCUT2D eigenvalue weighted by Gasteiger charge is 2.42. The lowest BCUT2D eigenvalue weighted by molar-refractivity contribution is -0.104. The number of hydrogen-bond acceptors (Lipinski definition) is 6. The van der Waals surface area contributed by atoms with E-state index in [2.05, 4.69) is 30.1 Å². The molecule has 0 amide bonds. The van der Waals surface area contributed by atoms with Gasteiger partial charge in [0, 0.05) is 50.3 Å². The number of alkyl halides is 1. The first kappa shape index (κ1) is 30.3. The maximum atomic E-state index is 11.5. The van der Waals surface area contributed by atoms with Gasteiger partial charge in [-0.3, -0.25) is 0 Å². The van der Waals surface area contributed by atoms with Crippen molar-refractivity contribution in [1.29, 1.82) is 0 Å². The SMILES string of the molecule is CC(CCCCl)C1(O)CCN(CC/C=C2/C3=C(CCC(OCC(C)(C)O)C3)OCC3NCCCC23)CC1C. The van der Waals surface area contributed by atoms with Crippen LogP contribution in [-0.2, 0) is 9.47 Å². The largest absolute Gasteiger partial charge is 0.496 e. The fourth-order valence-electron chi connectivity index (χ4n) is 7.17. The Balaban J connectivity index is 1.42. The van der Waals surface area contributed by atoms with Gasteiger partial charge < -0.3 is 29.9 Å². The van der Waals surface area contributed by atoms with Gasteiger partial charge in [-0.25, -0.2) is 0 Å². The normalized spacial score (nSPS) is 34.9. The average Bonchev–Trinajstić information content (AvgIpc) is 3.04. The molecule has 0 spiro atoms. The van der Waals surface area contributed by atoms with Crippen molar-refractivity contribution in [2.75, 3.05) is 45.3 Å². The van der Waals surface area contributed by atoms with Gasteiger partial charge in [-0.05, 0) is 88.3 Å². The van der Waals surface area contributed by atoms with Crippen LogP contribution >= 0.6 is 11.6 Å². The van der Waals surface area contributed by atoms with Crippen LogP contribution in [0.2, 0.25) is 0 Å². The van der Waals surface area contributed by atoms with E-state index in [0.717, 1.165) is 83.5 Å². The summed E-state index contributed by atoms with van der Waals surface area (Å²) in [4.78, 5) is 2.54. The van der Waals surface area contributed by atoms with Crippen LogP contribution in [0.4, 0.5) is 0 Å². The molecule has 2 saturated heterocycles. The molecule has 0 aromatic heterocycles. The zero-order valence-corrected chi connectivity index (χ0v) is 25.1. The number of ether oxygens (including phenoxy) is 2. The zero-order valence-electron chi connectivity index (χ0n) is 24.3. The van der Waals surface area contributed by atoms with Gasteiger partial charge in [-0.2, -0.15) is 0 Å². The molecule has 0 aromatic rings.